The molecule has 3 heterocycles. The molecule has 0 fully saturated rings. The zero-order chi connectivity index (χ0) is 27.7. The average molecular weight is 552 g/mol. The predicted molar refractivity (Wildman–Crippen MR) is 141 cm³/mol. The van der Waals surface area contributed by atoms with Gasteiger partial charge in [0.1, 0.15) is 40.4 Å². The first-order valence-corrected chi connectivity index (χ1v) is 12.5. The van der Waals surface area contributed by atoms with E-state index in [4.69, 9.17) is 10.2 Å². The van der Waals surface area contributed by atoms with Crippen molar-refractivity contribution in [2.75, 3.05) is 7.11 Å². The summed E-state index contributed by atoms with van der Waals surface area (Å²) in [6.07, 6.45) is 3.93. The molecule has 2 atom stereocenters. The molecule has 5 aromatic rings. The fraction of sp³-hybridized carbons (Fsp3) is 0.192. The average Bonchev–Trinajstić information content (AvgIpc) is 3.59. The van der Waals surface area contributed by atoms with Crippen LogP contribution >= 0.6 is 11.3 Å². The second-order valence-electron chi connectivity index (χ2n) is 8.86. The SMILES string of the molecule is CONC(=N)c1ccc(-c2cc3ncn([C@H](C)[C@](O)(Cn4cncn4)c4ccc(F)cc4F)c(=O)c3s2)cc1. The summed E-state index contributed by atoms with van der Waals surface area (Å²) in [7, 11) is 1.42. The normalized spacial score (nSPS) is 13.8. The third-order valence-electron chi connectivity index (χ3n) is 6.50. The van der Waals surface area contributed by atoms with Crippen LogP contribution in [0.4, 0.5) is 8.78 Å². The maximum atomic E-state index is 14.9. The van der Waals surface area contributed by atoms with Crippen LogP contribution in [0, 0.1) is 17.0 Å². The molecule has 3 N–H and O–H groups in total. The molecule has 0 aliphatic heterocycles. The van der Waals surface area contributed by atoms with Gasteiger partial charge in [-0.05, 0) is 24.6 Å². The molecule has 0 amide bonds. The van der Waals surface area contributed by atoms with Gasteiger partial charge < -0.3 is 5.11 Å². The van der Waals surface area contributed by atoms with Crippen molar-refractivity contribution in [1.82, 2.24) is 29.8 Å². The lowest BCUT2D eigenvalue weighted by Crippen LogP contribution is -2.43. The van der Waals surface area contributed by atoms with Crippen LogP contribution in [-0.2, 0) is 17.0 Å². The maximum Gasteiger partial charge on any atom is 0.271 e. The van der Waals surface area contributed by atoms with Crippen LogP contribution in [0.5, 0.6) is 0 Å². The number of rotatable bonds is 8. The van der Waals surface area contributed by atoms with E-state index in [0.717, 1.165) is 22.6 Å². The molecule has 39 heavy (non-hydrogen) atoms. The number of halogens is 2. The molecule has 0 spiro atoms. The quantitative estimate of drug-likeness (QED) is 0.153. The highest BCUT2D eigenvalue weighted by atomic mass is 32.1. The molecule has 0 bridgehead atoms. The van der Waals surface area contributed by atoms with Crippen molar-refractivity contribution in [2.24, 2.45) is 0 Å². The lowest BCUT2D eigenvalue weighted by Gasteiger charge is -2.35. The van der Waals surface area contributed by atoms with Crippen LogP contribution < -0.4 is 11.0 Å². The van der Waals surface area contributed by atoms with E-state index in [-0.39, 0.29) is 17.9 Å². The molecule has 0 unspecified atom stereocenters. The first-order chi connectivity index (χ1) is 18.7. The highest BCUT2D eigenvalue weighted by molar-refractivity contribution is 7.22. The third-order valence-corrected chi connectivity index (χ3v) is 7.66. The summed E-state index contributed by atoms with van der Waals surface area (Å²) in [5.41, 5.74) is 1.75. The van der Waals surface area contributed by atoms with Crippen molar-refractivity contribution in [3.05, 3.63) is 101 Å². The molecule has 200 valence electrons. The molecule has 0 radical (unpaired) electrons. The minimum absolute atomic E-state index is 0.106. The van der Waals surface area contributed by atoms with Crippen molar-refractivity contribution < 1.29 is 18.7 Å². The molecule has 3 aromatic heterocycles. The van der Waals surface area contributed by atoms with E-state index >= 15 is 0 Å². The highest BCUT2D eigenvalue weighted by Gasteiger charge is 2.41. The fourth-order valence-electron chi connectivity index (χ4n) is 4.38. The molecule has 10 nitrogen and oxygen atoms in total. The summed E-state index contributed by atoms with van der Waals surface area (Å²) in [6, 6.07) is 10.8. The molecule has 0 saturated heterocycles. The predicted octanol–water partition coefficient (Wildman–Crippen LogP) is 3.62. The minimum Gasteiger partial charge on any atom is -0.381 e. The molecule has 2 aromatic carbocycles. The topological polar surface area (TPSA) is 131 Å². The van der Waals surface area contributed by atoms with Gasteiger partial charge in [-0.2, -0.15) is 5.10 Å². The van der Waals surface area contributed by atoms with Crippen LogP contribution in [0.25, 0.3) is 20.7 Å². The van der Waals surface area contributed by atoms with Gasteiger partial charge in [0.2, 0.25) is 0 Å². The first-order valence-electron chi connectivity index (χ1n) is 11.7. The minimum atomic E-state index is -2.01. The number of hydroxylamine groups is 1. The summed E-state index contributed by atoms with van der Waals surface area (Å²) >= 11 is 1.23. The number of hydrogen-bond donors (Lipinski definition) is 3. The van der Waals surface area contributed by atoms with Gasteiger partial charge in [-0.15, -0.1) is 11.3 Å². The Morgan fingerprint density at radius 1 is 1.21 bits per heavy atom. The Morgan fingerprint density at radius 2 is 1.97 bits per heavy atom. The number of benzene rings is 2. The Labute approximate surface area is 224 Å². The third kappa shape index (κ3) is 4.94. The number of fused-ring (bicyclic) bond motifs is 1. The largest absolute Gasteiger partial charge is 0.381 e. The van der Waals surface area contributed by atoms with E-state index in [2.05, 4.69) is 20.5 Å². The number of thiophene rings is 1. The van der Waals surface area contributed by atoms with Crippen LogP contribution in [-0.4, -0.2) is 42.4 Å². The van der Waals surface area contributed by atoms with Gasteiger partial charge >= 0.3 is 0 Å². The zero-order valence-corrected chi connectivity index (χ0v) is 21.6. The molecule has 0 aliphatic carbocycles. The number of nitrogens with zero attached hydrogens (tertiary/aromatic N) is 5. The van der Waals surface area contributed by atoms with Crippen molar-refractivity contribution in [3.63, 3.8) is 0 Å². The van der Waals surface area contributed by atoms with Gasteiger partial charge in [-0.25, -0.2) is 28.9 Å². The molecule has 0 aliphatic rings. The lowest BCUT2D eigenvalue weighted by molar-refractivity contribution is -0.0343. The smallest absolute Gasteiger partial charge is 0.271 e. The second-order valence-corrected chi connectivity index (χ2v) is 9.91. The summed E-state index contributed by atoms with van der Waals surface area (Å²) in [4.78, 5) is 27.5. The van der Waals surface area contributed by atoms with Crippen LogP contribution in [0.3, 0.4) is 0 Å². The number of hydrogen-bond acceptors (Lipinski definition) is 8. The Balaban J connectivity index is 1.55. The van der Waals surface area contributed by atoms with Gasteiger partial charge in [0.25, 0.3) is 5.56 Å². The Bertz CT molecular complexity index is 1700. The van der Waals surface area contributed by atoms with Gasteiger partial charge in [0.05, 0.1) is 31.5 Å². The summed E-state index contributed by atoms with van der Waals surface area (Å²) in [6.45, 7) is 1.31. The molecular formula is C26H23F2N7O3S. The number of nitrogens with one attached hydrogen (secondary N) is 2. The zero-order valence-electron chi connectivity index (χ0n) is 20.8. The van der Waals surface area contributed by atoms with Crippen LogP contribution in [0.2, 0.25) is 0 Å². The van der Waals surface area contributed by atoms with Crippen molar-refractivity contribution in [1.29, 1.82) is 5.41 Å². The van der Waals surface area contributed by atoms with Gasteiger partial charge in [0, 0.05) is 22.1 Å². The standard InChI is InChI=1S/C26H23F2N7O3S/c1-15(26(37,11-34-13-30-12-32-34)19-8-7-18(27)9-20(19)28)35-14-31-21-10-22(39-23(21)25(35)36)16-3-5-17(6-4-16)24(29)33-38-2/h3-10,12-15,37H,11H2,1-2H3,(H2,29,33)/t15-,26-/m1/s1. The molecule has 13 heteroatoms. The molecule has 5 rings (SSSR count). The van der Waals surface area contributed by atoms with Crippen LogP contribution in [0.1, 0.15) is 24.1 Å². The van der Waals surface area contributed by atoms with E-state index in [1.807, 2.05) is 12.1 Å². The Kier molecular flexibility index (Phi) is 7.04. The summed E-state index contributed by atoms with van der Waals surface area (Å²) < 4.78 is 31.5. The molecular weight excluding hydrogens is 528 g/mol. The van der Waals surface area contributed by atoms with E-state index in [0.29, 0.717) is 21.8 Å². The fourth-order valence-corrected chi connectivity index (χ4v) is 5.43. The van der Waals surface area contributed by atoms with Gasteiger partial charge in [-0.3, -0.25) is 19.6 Å². The molecule has 0 saturated carbocycles. The summed E-state index contributed by atoms with van der Waals surface area (Å²) in [5.74, 6) is -1.64. The van der Waals surface area contributed by atoms with Crippen molar-refractivity contribution in [3.8, 4) is 10.4 Å². The number of amidine groups is 1. The van der Waals surface area contributed by atoms with E-state index < -0.39 is 28.8 Å². The van der Waals surface area contributed by atoms with E-state index in [1.54, 1.807) is 25.1 Å². The van der Waals surface area contributed by atoms with Crippen molar-refractivity contribution in [2.45, 2.75) is 25.1 Å². The van der Waals surface area contributed by atoms with E-state index in [9.17, 15) is 18.7 Å². The van der Waals surface area contributed by atoms with Gasteiger partial charge in [-0.1, -0.05) is 30.3 Å². The van der Waals surface area contributed by atoms with E-state index in [1.165, 1.54) is 46.7 Å². The highest BCUT2D eigenvalue weighted by Crippen LogP contribution is 2.37. The van der Waals surface area contributed by atoms with Crippen LogP contribution in [0.15, 0.2) is 72.3 Å². The maximum absolute atomic E-state index is 14.9. The Morgan fingerprint density at radius 3 is 2.64 bits per heavy atom. The van der Waals surface area contributed by atoms with Crippen molar-refractivity contribution >= 4 is 27.4 Å². The number of aromatic nitrogens is 5. The van der Waals surface area contributed by atoms with Gasteiger partial charge in [0.15, 0.2) is 0 Å². The first kappa shape index (κ1) is 26.3. The summed E-state index contributed by atoms with van der Waals surface area (Å²) in [5, 5.41) is 23.8. The second kappa shape index (κ2) is 10.4. The Hall–Kier alpha value is -4.33. The number of aliphatic hydroxyl groups is 1. The lowest BCUT2D eigenvalue weighted by atomic mass is 9.86. The monoisotopic (exact) mass is 551 g/mol.